The minimum atomic E-state index is -0.365. The lowest BCUT2D eigenvalue weighted by molar-refractivity contribution is -0.384. The number of anilines is 3. The molecule has 0 saturated heterocycles. The quantitative estimate of drug-likeness (QED) is 0.0559. The Balaban J connectivity index is 1.52. The molecule has 0 aliphatic heterocycles. The van der Waals surface area contributed by atoms with Crippen molar-refractivity contribution in [1.29, 1.82) is 0 Å². The third kappa shape index (κ3) is 8.01. The lowest BCUT2D eigenvalue weighted by atomic mass is 10.1. The van der Waals surface area contributed by atoms with E-state index in [4.69, 9.17) is 14.2 Å². The van der Waals surface area contributed by atoms with Crippen molar-refractivity contribution in [3.63, 3.8) is 0 Å². The van der Waals surface area contributed by atoms with E-state index in [2.05, 4.69) is 58.9 Å². The Morgan fingerprint density at radius 2 is 1.36 bits per heavy atom. The van der Waals surface area contributed by atoms with Crippen molar-refractivity contribution < 1.29 is 19.1 Å². The number of nitro groups is 1. The molecule has 8 heteroatoms. The van der Waals surface area contributed by atoms with Gasteiger partial charge >= 0.3 is 0 Å². The Hall–Kier alpha value is -4.40. The monoisotopic (exact) mass is 609 g/mol. The standard InChI is InChI=1S/C37H43N3O5/c1-3-4-5-6-7-11-22-38-36-27-32(39(29-12-9-8-10-13-29)30-14-16-31(17-15-30)40(41)42)18-20-34(36)35-21-19-33(28-37(35)38)45-26-25-44-24-23-43-2/h8-10,12-21,27-28H,3-7,11,22-26H2,1-2H3. The average molecular weight is 610 g/mol. The molecule has 0 amide bonds. The maximum absolute atomic E-state index is 11.4. The largest absolute Gasteiger partial charge is 0.491 e. The SMILES string of the molecule is CCCCCCCCn1c2cc(OCCOCCOC)ccc2c2ccc(N(c3ccccc3)c3ccc([N+](=O)[O-])cc3)cc21. The van der Waals surface area contributed by atoms with E-state index in [1.165, 1.54) is 42.9 Å². The van der Waals surface area contributed by atoms with Crippen molar-refractivity contribution >= 4 is 44.6 Å². The first kappa shape index (κ1) is 32.0. The topological polar surface area (TPSA) is 79.0 Å². The molecule has 8 nitrogen and oxygen atoms in total. The average Bonchev–Trinajstić information content (AvgIpc) is 3.37. The smallest absolute Gasteiger partial charge is 0.269 e. The molecule has 4 aromatic carbocycles. The van der Waals surface area contributed by atoms with Crippen molar-refractivity contribution in [2.75, 3.05) is 38.4 Å². The number of non-ortho nitro benzene ring substituents is 1. The van der Waals surface area contributed by atoms with Gasteiger partial charge in [-0.05, 0) is 55.0 Å². The van der Waals surface area contributed by atoms with E-state index in [1.54, 1.807) is 19.2 Å². The van der Waals surface area contributed by atoms with Gasteiger partial charge in [0.1, 0.15) is 12.4 Å². The van der Waals surface area contributed by atoms with Crippen molar-refractivity contribution in [2.45, 2.75) is 52.0 Å². The molecule has 0 bridgehead atoms. The van der Waals surface area contributed by atoms with Gasteiger partial charge in [0.25, 0.3) is 5.69 Å². The van der Waals surface area contributed by atoms with E-state index in [0.717, 1.165) is 46.8 Å². The molecule has 236 valence electrons. The maximum atomic E-state index is 11.4. The Labute approximate surface area is 265 Å². The van der Waals surface area contributed by atoms with Crippen LogP contribution in [0.1, 0.15) is 45.4 Å². The zero-order chi connectivity index (χ0) is 31.4. The predicted octanol–water partition coefficient (Wildman–Crippen LogP) is 9.57. The second kappa shape index (κ2) is 16.1. The molecule has 5 aromatic rings. The summed E-state index contributed by atoms with van der Waals surface area (Å²) in [5.41, 5.74) is 5.19. The number of rotatable bonds is 18. The molecule has 5 rings (SSSR count). The maximum Gasteiger partial charge on any atom is 0.269 e. The molecule has 0 fully saturated rings. The first-order valence-electron chi connectivity index (χ1n) is 16.0. The first-order valence-corrected chi connectivity index (χ1v) is 16.0. The summed E-state index contributed by atoms with van der Waals surface area (Å²) in [6, 6.07) is 29.7. The molecule has 0 saturated carbocycles. The van der Waals surface area contributed by atoms with Crippen LogP contribution in [0.3, 0.4) is 0 Å². The molecular formula is C37H43N3O5. The van der Waals surface area contributed by atoms with Gasteiger partial charge in [-0.1, -0.05) is 63.3 Å². The second-order valence-corrected chi connectivity index (χ2v) is 11.2. The fourth-order valence-corrected chi connectivity index (χ4v) is 5.79. The normalized spacial score (nSPS) is 11.3. The Bertz CT molecular complexity index is 1670. The van der Waals surface area contributed by atoms with Gasteiger partial charge in [-0.3, -0.25) is 10.1 Å². The number of nitro benzene ring substituents is 1. The Kier molecular flexibility index (Phi) is 11.4. The Morgan fingerprint density at radius 1 is 0.711 bits per heavy atom. The van der Waals surface area contributed by atoms with Gasteiger partial charge in [0.2, 0.25) is 0 Å². The van der Waals surface area contributed by atoms with Gasteiger partial charge in [-0.15, -0.1) is 0 Å². The van der Waals surface area contributed by atoms with Crippen LogP contribution in [0.5, 0.6) is 5.75 Å². The summed E-state index contributed by atoms with van der Waals surface area (Å²) in [4.78, 5) is 13.1. The molecule has 0 spiro atoms. The summed E-state index contributed by atoms with van der Waals surface area (Å²) >= 11 is 0. The molecule has 0 radical (unpaired) electrons. The molecule has 0 N–H and O–H groups in total. The van der Waals surface area contributed by atoms with Crippen LogP contribution in [0.15, 0.2) is 91.0 Å². The van der Waals surface area contributed by atoms with Crippen molar-refractivity contribution in [3.8, 4) is 5.75 Å². The highest BCUT2D eigenvalue weighted by Gasteiger charge is 2.18. The van der Waals surface area contributed by atoms with Crippen LogP contribution in [0, 0.1) is 10.1 Å². The highest BCUT2D eigenvalue weighted by Crippen LogP contribution is 2.39. The fourth-order valence-electron chi connectivity index (χ4n) is 5.79. The number of unbranched alkanes of at least 4 members (excludes halogenated alkanes) is 5. The molecule has 45 heavy (non-hydrogen) atoms. The highest BCUT2D eigenvalue weighted by molar-refractivity contribution is 6.09. The summed E-state index contributed by atoms with van der Waals surface area (Å²) < 4.78 is 19.1. The zero-order valence-electron chi connectivity index (χ0n) is 26.3. The number of benzene rings is 4. The molecule has 1 aromatic heterocycles. The van der Waals surface area contributed by atoms with E-state index in [-0.39, 0.29) is 10.6 Å². The van der Waals surface area contributed by atoms with Crippen LogP contribution < -0.4 is 9.64 Å². The summed E-state index contributed by atoms with van der Waals surface area (Å²) in [6.07, 6.45) is 7.33. The van der Waals surface area contributed by atoms with Crippen LogP contribution >= 0.6 is 0 Å². The van der Waals surface area contributed by atoms with Gasteiger partial charge in [0.05, 0.1) is 35.8 Å². The van der Waals surface area contributed by atoms with Crippen LogP contribution in [0.25, 0.3) is 21.8 Å². The van der Waals surface area contributed by atoms with E-state index in [0.29, 0.717) is 26.4 Å². The first-order chi connectivity index (χ1) is 22.1. The number of methoxy groups -OCH3 is 1. The molecule has 0 atom stereocenters. The Morgan fingerprint density at radius 3 is 2.09 bits per heavy atom. The van der Waals surface area contributed by atoms with E-state index in [9.17, 15) is 10.1 Å². The molecule has 0 unspecified atom stereocenters. The fraction of sp³-hybridized carbons (Fsp3) is 0.351. The predicted molar refractivity (Wildman–Crippen MR) is 182 cm³/mol. The van der Waals surface area contributed by atoms with Crippen molar-refractivity contribution in [1.82, 2.24) is 4.57 Å². The third-order valence-electron chi connectivity index (χ3n) is 8.08. The number of aromatic nitrogens is 1. The third-order valence-corrected chi connectivity index (χ3v) is 8.08. The summed E-state index contributed by atoms with van der Waals surface area (Å²) in [5, 5.41) is 13.7. The molecule has 1 heterocycles. The summed E-state index contributed by atoms with van der Waals surface area (Å²) in [6.45, 7) is 5.24. The summed E-state index contributed by atoms with van der Waals surface area (Å²) in [7, 11) is 1.66. The van der Waals surface area contributed by atoms with Gasteiger partial charge in [-0.25, -0.2) is 0 Å². The van der Waals surface area contributed by atoms with Crippen LogP contribution in [-0.2, 0) is 16.0 Å². The number of nitrogens with zero attached hydrogens (tertiary/aromatic N) is 3. The second-order valence-electron chi connectivity index (χ2n) is 11.2. The lowest BCUT2D eigenvalue weighted by Gasteiger charge is -2.25. The molecule has 0 aliphatic rings. The number of aryl methyl sites for hydroxylation is 1. The van der Waals surface area contributed by atoms with Gasteiger partial charge in [0.15, 0.2) is 0 Å². The minimum absolute atomic E-state index is 0.0702. The van der Waals surface area contributed by atoms with Crippen LogP contribution in [0.4, 0.5) is 22.7 Å². The number of hydrogen-bond donors (Lipinski definition) is 0. The number of fused-ring (bicyclic) bond motifs is 3. The number of hydrogen-bond acceptors (Lipinski definition) is 6. The van der Waals surface area contributed by atoms with Gasteiger partial charge < -0.3 is 23.7 Å². The van der Waals surface area contributed by atoms with Gasteiger partial charge in [-0.2, -0.15) is 0 Å². The number of para-hydroxylation sites is 1. The van der Waals surface area contributed by atoms with Crippen molar-refractivity contribution in [3.05, 3.63) is 101 Å². The van der Waals surface area contributed by atoms with Gasteiger partial charge in [0, 0.05) is 59.7 Å². The van der Waals surface area contributed by atoms with E-state index in [1.807, 2.05) is 36.4 Å². The number of ether oxygens (including phenoxy) is 3. The molecular weight excluding hydrogens is 566 g/mol. The highest BCUT2D eigenvalue weighted by atomic mass is 16.6. The van der Waals surface area contributed by atoms with E-state index >= 15 is 0 Å². The minimum Gasteiger partial charge on any atom is -0.491 e. The van der Waals surface area contributed by atoms with Crippen LogP contribution in [0.2, 0.25) is 0 Å². The van der Waals surface area contributed by atoms with E-state index < -0.39 is 0 Å². The molecule has 0 aliphatic carbocycles. The zero-order valence-corrected chi connectivity index (χ0v) is 26.3. The van der Waals surface area contributed by atoms with Crippen LogP contribution in [-0.4, -0.2) is 43.0 Å². The lowest BCUT2D eigenvalue weighted by Crippen LogP contribution is -2.10. The van der Waals surface area contributed by atoms with Crippen molar-refractivity contribution in [2.24, 2.45) is 0 Å². The summed E-state index contributed by atoms with van der Waals surface area (Å²) in [5.74, 6) is 0.821.